The molecule has 0 unspecified atom stereocenters. The fourth-order valence-electron chi connectivity index (χ4n) is 0.724. The highest BCUT2D eigenvalue weighted by atomic mass is 16.1. The lowest BCUT2D eigenvalue weighted by Gasteiger charge is -2.03. The van der Waals surface area contributed by atoms with E-state index in [1.54, 1.807) is 0 Å². The number of aldehydes is 1. The van der Waals surface area contributed by atoms with E-state index in [1.165, 1.54) is 0 Å². The zero-order valence-corrected chi connectivity index (χ0v) is 6.26. The third kappa shape index (κ3) is 5.44. The van der Waals surface area contributed by atoms with Crippen LogP contribution < -0.4 is 5.73 Å². The van der Waals surface area contributed by atoms with Crippen molar-refractivity contribution in [2.75, 3.05) is 0 Å². The maximum Gasteiger partial charge on any atom is 0.120 e. The molecule has 0 aromatic carbocycles. The Kier molecular flexibility index (Phi) is 4.76. The number of hydrogen-bond donors (Lipinski definition) is 2. The minimum Gasteiger partial charge on any atom is -0.328 e. The van der Waals surface area contributed by atoms with Crippen LogP contribution in [0.5, 0.6) is 0 Å². The molecule has 0 aliphatic carbocycles. The maximum absolute atomic E-state index is 9.87. The number of hydrogen-bond acceptors (Lipinski definition) is 3. The van der Waals surface area contributed by atoms with Crippen LogP contribution in [0, 0.1) is 5.41 Å². The lowest BCUT2D eigenvalue weighted by molar-refractivity contribution is -0.107. The van der Waals surface area contributed by atoms with Crippen LogP contribution in [-0.4, -0.2) is 18.0 Å². The Labute approximate surface area is 61.1 Å². The highest BCUT2D eigenvalue weighted by Gasteiger charge is 1.99. The molecular weight excluding hydrogens is 128 g/mol. The monoisotopic (exact) mass is 142 g/mol. The van der Waals surface area contributed by atoms with Crippen molar-refractivity contribution in [3.05, 3.63) is 0 Å². The van der Waals surface area contributed by atoms with E-state index in [0.717, 1.165) is 6.29 Å². The Hall–Kier alpha value is -0.700. The highest BCUT2D eigenvalue weighted by Crippen LogP contribution is 1.95. The van der Waals surface area contributed by atoms with E-state index in [9.17, 15) is 4.79 Å². The average molecular weight is 142 g/mol. The fraction of sp³-hybridized carbons (Fsp3) is 0.714. The molecule has 0 spiro atoms. The molecule has 3 nitrogen and oxygen atoms in total. The molecule has 3 N–H and O–H groups in total. The molecule has 10 heavy (non-hydrogen) atoms. The molecule has 0 saturated heterocycles. The second-order valence-corrected chi connectivity index (χ2v) is 2.49. The van der Waals surface area contributed by atoms with Crippen LogP contribution in [0.4, 0.5) is 0 Å². The van der Waals surface area contributed by atoms with E-state index in [-0.39, 0.29) is 6.04 Å². The molecule has 1 atom stereocenters. The van der Waals surface area contributed by atoms with Crippen molar-refractivity contribution in [1.82, 2.24) is 0 Å². The molecule has 0 rings (SSSR count). The molecule has 0 aromatic heterocycles. The van der Waals surface area contributed by atoms with Crippen molar-refractivity contribution in [3.63, 3.8) is 0 Å². The van der Waals surface area contributed by atoms with Crippen LogP contribution in [-0.2, 0) is 4.79 Å². The first-order valence-electron chi connectivity index (χ1n) is 3.42. The molecule has 0 bridgehead atoms. The van der Waals surface area contributed by atoms with Gasteiger partial charge in [0.2, 0.25) is 0 Å². The molecule has 58 valence electrons. The van der Waals surface area contributed by atoms with Gasteiger partial charge in [-0.1, -0.05) is 0 Å². The number of carbonyl (C=O) groups is 1. The van der Waals surface area contributed by atoms with Gasteiger partial charge >= 0.3 is 0 Å². The summed E-state index contributed by atoms with van der Waals surface area (Å²) >= 11 is 0. The Balaban J connectivity index is 3.34. The first kappa shape index (κ1) is 9.30. The van der Waals surface area contributed by atoms with E-state index < -0.39 is 0 Å². The molecule has 0 saturated carbocycles. The second-order valence-electron chi connectivity index (χ2n) is 2.49. The second kappa shape index (κ2) is 5.11. The predicted molar refractivity (Wildman–Crippen MR) is 41.3 cm³/mol. The molecular formula is C7H14N2O. The van der Waals surface area contributed by atoms with Crippen LogP contribution in [0.1, 0.15) is 26.2 Å². The summed E-state index contributed by atoms with van der Waals surface area (Å²) in [7, 11) is 0. The molecule has 3 heteroatoms. The van der Waals surface area contributed by atoms with E-state index in [1.807, 2.05) is 6.92 Å². The Morgan fingerprint density at radius 3 is 2.80 bits per heavy atom. The van der Waals surface area contributed by atoms with Gasteiger partial charge < -0.3 is 15.9 Å². The van der Waals surface area contributed by atoms with Crippen LogP contribution in [0.15, 0.2) is 0 Å². The molecule has 0 aromatic rings. The molecule has 0 heterocycles. The van der Waals surface area contributed by atoms with Gasteiger partial charge in [0.25, 0.3) is 0 Å². The van der Waals surface area contributed by atoms with E-state index in [4.69, 9.17) is 11.1 Å². The van der Waals surface area contributed by atoms with Crippen LogP contribution in [0.25, 0.3) is 0 Å². The van der Waals surface area contributed by atoms with Crippen molar-refractivity contribution in [3.8, 4) is 0 Å². The van der Waals surface area contributed by atoms with Crippen LogP contribution >= 0.6 is 0 Å². The summed E-state index contributed by atoms with van der Waals surface area (Å²) in [6.07, 6.45) is 2.44. The summed E-state index contributed by atoms with van der Waals surface area (Å²) < 4.78 is 0. The molecule has 0 aliphatic rings. The zero-order valence-electron chi connectivity index (χ0n) is 6.26. The summed E-state index contributed by atoms with van der Waals surface area (Å²) in [5.74, 6) is 0. The Bertz CT molecular complexity index is 121. The minimum absolute atomic E-state index is 0.0409. The van der Waals surface area contributed by atoms with E-state index in [0.29, 0.717) is 25.0 Å². The van der Waals surface area contributed by atoms with E-state index in [2.05, 4.69) is 0 Å². The van der Waals surface area contributed by atoms with Gasteiger partial charge in [-0.2, -0.15) is 0 Å². The maximum atomic E-state index is 9.87. The quantitative estimate of drug-likeness (QED) is 0.439. The lowest BCUT2D eigenvalue weighted by atomic mass is 10.1. The van der Waals surface area contributed by atoms with Gasteiger partial charge in [-0.05, 0) is 19.8 Å². The van der Waals surface area contributed by atoms with Crippen LogP contribution in [0.3, 0.4) is 0 Å². The summed E-state index contributed by atoms with van der Waals surface area (Å²) in [6.45, 7) is 1.86. The number of carbonyl (C=O) groups excluding carboxylic acids is 1. The van der Waals surface area contributed by atoms with Crippen molar-refractivity contribution in [2.24, 2.45) is 5.73 Å². The summed E-state index contributed by atoms with van der Waals surface area (Å²) in [4.78, 5) is 9.87. The first-order valence-corrected chi connectivity index (χ1v) is 3.42. The smallest absolute Gasteiger partial charge is 0.120 e. The van der Waals surface area contributed by atoms with Crippen molar-refractivity contribution >= 4 is 12.0 Å². The van der Waals surface area contributed by atoms with Gasteiger partial charge in [0.15, 0.2) is 0 Å². The molecule has 0 fully saturated rings. The fourth-order valence-corrected chi connectivity index (χ4v) is 0.724. The standard InChI is InChI=1S/C7H14N2O/c1-6(8)5-7(9)3-2-4-10/h4,6,9H,2-3,5,8H2,1H3/t6-/m0/s1. The largest absolute Gasteiger partial charge is 0.328 e. The highest BCUT2D eigenvalue weighted by molar-refractivity contribution is 5.83. The molecule has 0 amide bonds. The lowest BCUT2D eigenvalue weighted by Crippen LogP contribution is -2.19. The first-order chi connectivity index (χ1) is 4.66. The topological polar surface area (TPSA) is 66.9 Å². The number of rotatable bonds is 5. The van der Waals surface area contributed by atoms with Gasteiger partial charge in [0, 0.05) is 18.2 Å². The van der Waals surface area contributed by atoms with Gasteiger partial charge in [-0.25, -0.2) is 0 Å². The zero-order chi connectivity index (χ0) is 7.98. The summed E-state index contributed by atoms with van der Waals surface area (Å²) in [5, 5.41) is 7.28. The third-order valence-corrected chi connectivity index (χ3v) is 1.13. The van der Waals surface area contributed by atoms with Gasteiger partial charge in [-0.15, -0.1) is 0 Å². The van der Waals surface area contributed by atoms with Gasteiger partial charge in [0.1, 0.15) is 6.29 Å². The van der Waals surface area contributed by atoms with Crippen molar-refractivity contribution in [1.29, 1.82) is 5.41 Å². The van der Waals surface area contributed by atoms with Gasteiger partial charge in [0.05, 0.1) is 0 Å². The Morgan fingerprint density at radius 1 is 1.80 bits per heavy atom. The number of nitrogens with one attached hydrogen (secondary N) is 1. The van der Waals surface area contributed by atoms with Crippen LogP contribution in [0.2, 0.25) is 0 Å². The summed E-state index contributed by atoms with van der Waals surface area (Å²) in [5.41, 5.74) is 6.01. The van der Waals surface area contributed by atoms with Crippen molar-refractivity contribution < 1.29 is 4.79 Å². The summed E-state index contributed by atoms with van der Waals surface area (Å²) in [6, 6.07) is 0.0409. The van der Waals surface area contributed by atoms with E-state index >= 15 is 0 Å². The third-order valence-electron chi connectivity index (χ3n) is 1.13. The SMILES string of the molecule is C[C@H](N)CC(=N)CCC=O. The Morgan fingerprint density at radius 2 is 2.40 bits per heavy atom. The molecule has 0 radical (unpaired) electrons. The average Bonchev–Trinajstić information content (AvgIpc) is 1.82. The predicted octanol–water partition coefficient (Wildman–Crippen LogP) is 0.723. The molecule has 0 aliphatic heterocycles. The van der Waals surface area contributed by atoms with Gasteiger partial charge in [-0.3, -0.25) is 0 Å². The van der Waals surface area contributed by atoms with Crippen molar-refractivity contribution in [2.45, 2.75) is 32.2 Å². The number of nitrogens with two attached hydrogens (primary N) is 1. The minimum atomic E-state index is 0.0409. The normalized spacial score (nSPS) is 12.6.